The van der Waals surface area contributed by atoms with Crippen molar-refractivity contribution in [3.05, 3.63) is 56.1 Å². The van der Waals surface area contributed by atoms with E-state index in [0.29, 0.717) is 27.4 Å². The van der Waals surface area contributed by atoms with Gasteiger partial charge in [-0.25, -0.2) is 4.98 Å². The largest absolute Gasteiger partial charge is 0.354 e. The summed E-state index contributed by atoms with van der Waals surface area (Å²) in [7, 11) is 1.88. The van der Waals surface area contributed by atoms with Gasteiger partial charge < -0.3 is 4.90 Å². The van der Waals surface area contributed by atoms with Crippen LogP contribution in [-0.2, 0) is 6.54 Å². The van der Waals surface area contributed by atoms with Crippen molar-refractivity contribution in [3.63, 3.8) is 0 Å². The van der Waals surface area contributed by atoms with Gasteiger partial charge >= 0.3 is 0 Å². The first-order valence-electron chi connectivity index (χ1n) is 5.44. The molecule has 0 amide bonds. The Hall–Kier alpha value is -0.670. The Labute approximate surface area is 131 Å². The Morgan fingerprint density at radius 3 is 2.26 bits per heavy atom. The SMILES string of the molecule is CN(Cc1ccc(Cl)cc1)c1nc(Cl)c(Cl)cc1Cl. The molecule has 1 aromatic heterocycles. The Kier molecular flexibility index (Phi) is 4.80. The second kappa shape index (κ2) is 6.19. The van der Waals surface area contributed by atoms with Gasteiger partial charge in [0.25, 0.3) is 0 Å². The van der Waals surface area contributed by atoms with Crippen molar-refractivity contribution < 1.29 is 0 Å². The fourth-order valence-corrected chi connectivity index (χ4v) is 2.40. The fourth-order valence-electron chi connectivity index (χ4n) is 1.64. The molecule has 0 bridgehead atoms. The fraction of sp³-hybridized carbons (Fsp3) is 0.154. The Morgan fingerprint density at radius 1 is 1.00 bits per heavy atom. The summed E-state index contributed by atoms with van der Waals surface area (Å²) in [5.41, 5.74) is 1.09. The average Bonchev–Trinajstić information content (AvgIpc) is 2.36. The molecular weight excluding hydrogens is 326 g/mol. The first-order chi connectivity index (χ1) is 8.97. The highest BCUT2D eigenvalue weighted by Crippen LogP contribution is 2.31. The monoisotopic (exact) mass is 334 g/mol. The van der Waals surface area contributed by atoms with Crippen molar-refractivity contribution in [2.75, 3.05) is 11.9 Å². The van der Waals surface area contributed by atoms with E-state index in [9.17, 15) is 0 Å². The molecule has 0 radical (unpaired) electrons. The van der Waals surface area contributed by atoms with Crippen LogP contribution in [0.5, 0.6) is 0 Å². The zero-order valence-electron chi connectivity index (χ0n) is 10.0. The molecule has 0 saturated carbocycles. The van der Waals surface area contributed by atoms with Crippen LogP contribution in [0.3, 0.4) is 0 Å². The van der Waals surface area contributed by atoms with E-state index in [4.69, 9.17) is 46.4 Å². The van der Waals surface area contributed by atoms with Crippen LogP contribution >= 0.6 is 46.4 Å². The van der Waals surface area contributed by atoms with Crippen LogP contribution in [0.15, 0.2) is 30.3 Å². The number of rotatable bonds is 3. The molecule has 0 unspecified atom stereocenters. The van der Waals surface area contributed by atoms with Crippen LogP contribution in [0, 0.1) is 0 Å². The lowest BCUT2D eigenvalue weighted by molar-refractivity contribution is 0.898. The van der Waals surface area contributed by atoms with Gasteiger partial charge in [0.1, 0.15) is 11.0 Å². The standard InChI is InChI=1S/C13H10Cl4N2/c1-19(7-8-2-4-9(14)5-3-8)13-11(16)6-10(15)12(17)18-13/h2-6H,7H2,1H3. The molecule has 2 rings (SSSR count). The Morgan fingerprint density at radius 2 is 1.63 bits per heavy atom. The van der Waals surface area contributed by atoms with Gasteiger partial charge in [-0.1, -0.05) is 58.5 Å². The van der Waals surface area contributed by atoms with Gasteiger partial charge in [0, 0.05) is 18.6 Å². The highest BCUT2D eigenvalue weighted by molar-refractivity contribution is 6.42. The summed E-state index contributed by atoms with van der Waals surface area (Å²) in [6, 6.07) is 9.17. The molecular formula is C13H10Cl4N2. The Bertz CT molecular complexity index is 584. The second-order valence-electron chi connectivity index (χ2n) is 4.05. The first kappa shape index (κ1) is 14.7. The molecule has 1 heterocycles. The van der Waals surface area contributed by atoms with E-state index in [-0.39, 0.29) is 5.15 Å². The summed E-state index contributed by atoms with van der Waals surface area (Å²) < 4.78 is 0. The molecule has 100 valence electrons. The molecule has 0 atom stereocenters. The molecule has 0 N–H and O–H groups in total. The number of benzene rings is 1. The normalized spacial score (nSPS) is 10.6. The number of aromatic nitrogens is 1. The molecule has 0 aliphatic rings. The summed E-state index contributed by atoms with van der Waals surface area (Å²) in [4.78, 5) is 6.08. The van der Waals surface area contributed by atoms with Crippen molar-refractivity contribution >= 4 is 52.2 Å². The highest BCUT2D eigenvalue weighted by atomic mass is 35.5. The maximum atomic E-state index is 6.12. The third-order valence-electron chi connectivity index (χ3n) is 2.56. The lowest BCUT2D eigenvalue weighted by Crippen LogP contribution is -2.18. The minimum absolute atomic E-state index is 0.240. The minimum atomic E-state index is 0.240. The average molecular weight is 336 g/mol. The van der Waals surface area contributed by atoms with E-state index < -0.39 is 0 Å². The summed E-state index contributed by atoms with van der Waals surface area (Å²) in [6.07, 6.45) is 0. The van der Waals surface area contributed by atoms with Crippen molar-refractivity contribution in [2.24, 2.45) is 0 Å². The van der Waals surface area contributed by atoms with E-state index >= 15 is 0 Å². The summed E-state index contributed by atoms with van der Waals surface area (Å²) in [5, 5.41) is 1.75. The van der Waals surface area contributed by atoms with Gasteiger partial charge in [-0.15, -0.1) is 0 Å². The maximum absolute atomic E-state index is 6.12. The molecule has 0 aliphatic heterocycles. The molecule has 0 aliphatic carbocycles. The smallest absolute Gasteiger partial charge is 0.150 e. The van der Waals surface area contributed by atoms with E-state index in [1.165, 1.54) is 0 Å². The van der Waals surface area contributed by atoms with Crippen molar-refractivity contribution in [2.45, 2.75) is 6.54 Å². The van der Waals surface area contributed by atoms with Gasteiger partial charge in [0.15, 0.2) is 0 Å². The number of anilines is 1. The molecule has 2 aromatic rings. The van der Waals surface area contributed by atoms with Crippen LogP contribution in [0.1, 0.15) is 5.56 Å². The van der Waals surface area contributed by atoms with Crippen molar-refractivity contribution in [1.82, 2.24) is 4.98 Å². The van der Waals surface area contributed by atoms with E-state index in [1.807, 2.05) is 36.2 Å². The van der Waals surface area contributed by atoms with E-state index in [0.717, 1.165) is 5.56 Å². The lowest BCUT2D eigenvalue weighted by Gasteiger charge is -2.20. The van der Waals surface area contributed by atoms with Crippen LogP contribution in [0.25, 0.3) is 0 Å². The van der Waals surface area contributed by atoms with Crippen LogP contribution in [0.4, 0.5) is 5.82 Å². The summed E-state index contributed by atoms with van der Waals surface area (Å²) in [5.74, 6) is 0.589. The van der Waals surface area contributed by atoms with E-state index in [2.05, 4.69) is 4.98 Å². The molecule has 0 spiro atoms. The molecule has 2 nitrogen and oxygen atoms in total. The van der Waals surface area contributed by atoms with Crippen molar-refractivity contribution in [3.8, 4) is 0 Å². The maximum Gasteiger partial charge on any atom is 0.150 e. The number of pyridine rings is 1. The molecule has 0 fully saturated rings. The molecule has 0 saturated heterocycles. The second-order valence-corrected chi connectivity index (χ2v) is 5.66. The predicted molar refractivity (Wildman–Crippen MR) is 82.8 cm³/mol. The lowest BCUT2D eigenvalue weighted by atomic mass is 10.2. The van der Waals surface area contributed by atoms with Crippen LogP contribution in [-0.4, -0.2) is 12.0 Å². The number of hydrogen-bond donors (Lipinski definition) is 0. The number of hydrogen-bond acceptors (Lipinski definition) is 2. The highest BCUT2D eigenvalue weighted by Gasteiger charge is 2.12. The van der Waals surface area contributed by atoms with Gasteiger partial charge in [-0.3, -0.25) is 0 Å². The zero-order valence-corrected chi connectivity index (χ0v) is 13.0. The third-order valence-corrected chi connectivity index (χ3v) is 3.77. The predicted octanol–water partition coefficient (Wildman–Crippen LogP) is 5.33. The Balaban J connectivity index is 2.22. The molecule has 1 aromatic carbocycles. The molecule has 19 heavy (non-hydrogen) atoms. The van der Waals surface area contributed by atoms with Gasteiger partial charge in [-0.05, 0) is 23.8 Å². The van der Waals surface area contributed by atoms with E-state index in [1.54, 1.807) is 6.07 Å². The van der Waals surface area contributed by atoms with Crippen LogP contribution in [0.2, 0.25) is 20.2 Å². The quantitative estimate of drug-likeness (QED) is 0.704. The summed E-state index contributed by atoms with van der Waals surface area (Å²) in [6.45, 7) is 0.641. The first-order valence-corrected chi connectivity index (χ1v) is 6.95. The van der Waals surface area contributed by atoms with Gasteiger partial charge in [-0.2, -0.15) is 0 Å². The van der Waals surface area contributed by atoms with Crippen molar-refractivity contribution in [1.29, 1.82) is 0 Å². The molecule has 6 heteroatoms. The van der Waals surface area contributed by atoms with Gasteiger partial charge in [0.05, 0.1) is 10.0 Å². The number of halogens is 4. The van der Waals surface area contributed by atoms with Gasteiger partial charge in [0.2, 0.25) is 0 Å². The third kappa shape index (κ3) is 3.67. The zero-order chi connectivity index (χ0) is 14.0. The summed E-state index contributed by atoms with van der Waals surface area (Å²) >= 11 is 23.7. The topological polar surface area (TPSA) is 16.1 Å². The minimum Gasteiger partial charge on any atom is -0.354 e. The number of nitrogens with zero attached hydrogens (tertiary/aromatic N) is 2. The van der Waals surface area contributed by atoms with Crippen LogP contribution < -0.4 is 4.90 Å².